The lowest BCUT2D eigenvalue weighted by atomic mass is 9.87. The summed E-state index contributed by atoms with van der Waals surface area (Å²) in [7, 11) is 1.66. The molecule has 192 valence electrons. The highest BCUT2D eigenvalue weighted by molar-refractivity contribution is 9.10. The van der Waals surface area contributed by atoms with Crippen LogP contribution in [0.1, 0.15) is 50.5 Å². The fourth-order valence-electron chi connectivity index (χ4n) is 4.33. The smallest absolute Gasteiger partial charge is 0.132 e. The minimum atomic E-state index is -0.684. The molecule has 2 atom stereocenters. The van der Waals surface area contributed by atoms with E-state index in [1.54, 1.807) is 13.2 Å². The number of benzene rings is 3. The van der Waals surface area contributed by atoms with Crippen molar-refractivity contribution in [3.63, 3.8) is 0 Å². The summed E-state index contributed by atoms with van der Waals surface area (Å²) in [6, 6.07) is 19.0. The second kappa shape index (κ2) is 11.2. The quantitative estimate of drug-likeness (QED) is 0.296. The lowest BCUT2D eigenvalue weighted by molar-refractivity contribution is -0.177. The van der Waals surface area contributed by atoms with Crippen molar-refractivity contribution < 1.29 is 23.3 Å². The minimum Gasteiger partial charge on any atom is -0.497 e. The molecular weight excluding hydrogens is 525 g/mol. The monoisotopic (exact) mass is 557 g/mol. The van der Waals surface area contributed by atoms with Crippen LogP contribution in [-0.4, -0.2) is 24.9 Å². The maximum atomic E-state index is 14.5. The summed E-state index contributed by atoms with van der Waals surface area (Å²) >= 11 is 3.31. The third-order valence-electron chi connectivity index (χ3n) is 6.16. The van der Waals surface area contributed by atoms with E-state index in [9.17, 15) is 4.39 Å². The summed E-state index contributed by atoms with van der Waals surface area (Å²) in [5, 5.41) is 3.48. The molecule has 1 N–H and O–H groups in total. The predicted octanol–water partition coefficient (Wildman–Crippen LogP) is 7.43. The molecule has 0 aliphatic carbocycles. The molecule has 0 spiro atoms. The summed E-state index contributed by atoms with van der Waals surface area (Å²) in [4.78, 5) is 0. The number of ether oxygens (including phenoxy) is 4. The topological polar surface area (TPSA) is 49.0 Å². The minimum absolute atomic E-state index is 0.0387. The number of hydrogen-bond acceptors (Lipinski definition) is 5. The number of halogens is 2. The molecular formula is C29H33BrFNO4. The van der Waals surface area contributed by atoms with E-state index in [0.29, 0.717) is 16.6 Å². The molecule has 1 aliphatic heterocycles. The first kappa shape index (κ1) is 26.5. The second-order valence-corrected chi connectivity index (χ2v) is 10.6. The molecule has 7 heteroatoms. The van der Waals surface area contributed by atoms with Crippen molar-refractivity contribution in [3.8, 4) is 11.5 Å². The first-order valence-electron chi connectivity index (χ1n) is 12.1. The van der Waals surface area contributed by atoms with Crippen LogP contribution in [0.2, 0.25) is 0 Å². The normalized spacial score (nSPS) is 18.4. The summed E-state index contributed by atoms with van der Waals surface area (Å²) in [5.41, 5.74) is 2.79. The molecule has 1 aliphatic rings. The van der Waals surface area contributed by atoms with E-state index in [1.807, 2.05) is 70.2 Å². The molecule has 5 nitrogen and oxygen atoms in total. The first-order chi connectivity index (χ1) is 17.2. The fraction of sp³-hybridized carbons (Fsp3) is 0.379. The van der Waals surface area contributed by atoms with Gasteiger partial charge in [-0.25, -0.2) is 4.39 Å². The summed E-state index contributed by atoms with van der Waals surface area (Å²) in [5.74, 6) is 1.27. The van der Waals surface area contributed by atoms with Crippen LogP contribution in [-0.2, 0) is 22.6 Å². The van der Waals surface area contributed by atoms with Gasteiger partial charge < -0.3 is 24.3 Å². The molecule has 0 bridgehead atoms. The van der Waals surface area contributed by atoms with Gasteiger partial charge in [0.25, 0.3) is 0 Å². The average molecular weight is 558 g/mol. The Kier molecular flexibility index (Phi) is 8.23. The highest BCUT2D eigenvalue weighted by atomic mass is 79.9. The summed E-state index contributed by atoms with van der Waals surface area (Å²) in [6.45, 7) is 8.72. The molecule has 0 saturated heterocycles. The van der Waals surface area contributed by atoms with Crippen LogP contribution in [0.4, 0.5) is 10.1 Å². The van der Waals surface area contributed by atoms with E-state index in [4.69, 9.17) is 18.9 Å². The van der Waals surface area contributed by atoms with Gasteiger partial charge in [0.05, 0.1) is 19.8 Å². The van der Waals surface area contributed by atoms with Crippen molar-refractivity contribution in [3.05, 3.63) is 87.6 Å². The maximum absolute atomic E-state index is 14.5. The van der Waals surface area contributed by atoms with E-state index in [0.717, 1.165) is 28.3 Å². The standard InChI is InChI=1S/C29H33BrFNO4/c1-18(2)35-27-24-15-22(32-16-19-6-11-23(33-5)12-7-19)10-13-26(24)36-29(3,4)28(27)34-17-20-8-9-21(30)14-25(20)31/h6-15,18,27-28,32H,16-17H2,1-5H3. The Morgan fingerprint density at radius 2 is 1.81 bits per heavy atom. The van der Waals surface area contributed by atoms with Crippen LogP contribution < -0.4 is 14.8 Å². The number of methoxy groups -OCH3 is 1. The zero-order valence-corrected chi connectivity index (χ0v) is 22.9. The Morgan fingerprint density at radius 1 is 1.06 bits per heavy atom. The van der Waals surface area contributed by atoms with Crippen LogP contribution in [0, 0.1) is 5.82 Å². The third-order valence-corrected chi connectivity index (χ3v) is 6.65. The predicted molar refractivity (Wildman–Crippen MR) is 143 cm³/mol. The number of hydrogen-bond donors (Lipinski definition) is 1. The van der Waals surface area contributed by atoms with Crippen molar-refractivity contribution >= 4 is 21.6 Å². The van der Waals surface area contributed by atoms with Crippen LogP contribution in [0.3, 0.4) is 0 Å². The van der Waals surface area contributed by atoms with Crippen molar-refractivity contribution in [2.24, 2.45) is 0 Å². The van der Waals surface area contributed by atoms with Gasteiger partial charge in [-0.05, 0) is 75.7 Å². The van der Waals surface area contributed by atoms with Crippen LogP contribution in [0.15, 0.2) is 65.1 Å². The number of fused-ring (bicyclic) bond motifs is 1. The summed E-state index contributed by atoms with van der Waals surface area (Å²) < 4.78 is 39.5. The Hall–Kier alpha value is -2.61. The van der Waals surface area contributed by atoms with Gasteiger partial charge in [-0.3, -0.25) is 0 Å². The molecule has 3 aromatic rings. The van der Waals surface area contributed by atoms with Gasteiger partial charge in [0.1, 0.15) is 35.1 Å². The van der Waals surface area contributed by atoms with Gasteiger partial charge in [0.15, 0.2) is 0 Å². The maximum Gasteiger partial charge on any atom is 0.132 e. The number of rotatable bonds is 9. The Bertz CT molecular complexity index is 1180. The van der Waals surface area contributed by atoms with Gasteiger partial charge >= 0.3 is 0 Å². The molecule has 36 heavy (non-hydrogen) atoms. The highest BCUT2D eigenvalue weighted by Gasteiger charge is 2.46. The van der Waals surface area contributed by atoms with Gasteiger partial charge in [-0.1, -0.05) is 34.1 Å². The number of anilines is 1. The molecule has 0 amide bonds. The SMILES string of the molecule is COc1ccc(CNc2ccc3c(c2)C(OC(C)C)C(OCc2ccc(Br)cc2F)C(C)(C)O3)cc1. The van der Waals surface area contributed by atoms with Crippen molar-refractivity contribution in [1.82, 2.24) is 0 Å². The van der Waals surface area contributed by atoms with Gasteiger partial charge in [0.2, 0.25) is 0 Å². The van der Waals surface area contributed by atoms with Crippen molar-refractivity contribution in [2.75, 3.05) is 12.4 Å². The van der Waals surface area contributed by atoms with E-state index < -0.39 is 11.7 Å². The van der Waals surface area contributed by atoms with Gasteiger partial charge in [-0.15, -0.1) is 0 Å². The van der Waals surface area contributed by atoms with E-state index in [2.05, 4.69) is 27.3 Å². The van der Waals surface area contributed by atoms with E-state index in [1.165, 1.54) is 6.07 Å². The lowest BCUT2D eigenvalue weighted by Crippen LogP contribution is -2.51. The van der Waals surface area contributed by atoms with Crippen LogP contribution >= 0.6 is 15.9 Å². The van der Waals surface area contributed by atoms with Crippen molar-refractivity contribution in [2.45, 2.75) is 64.8 Å². The van der Waals surface area contributed by atoms with E-state index >= 15 is 0 Å². The summed E-state index contributed by atoms with van der Waals surface area (Å²) in [6.07, 6.45) is -0.875. The number of nitrogens with one attached hydrogen (secondary N) is 1. The average Bonchev–Trinajstić information content (AvgIpc) is 2.83. The van der Waals surface area contributed by atoms with Crippen LogP contribution in [0.5, 0.6) is 11.5 Å². The Morgan fingerprint density at radius 3 is 2.47 bits per heavy atom. The van der Waals surface area contributed by atoms with Crippen molar-refractivity contribution in [1.29, 1.82) is 0 Å². The molecule has 4 rings (SSSR count). The second-order valence-electron chi connectivity index (χ2n) is 9.73. The van der Waals surface area contributed by atoms with Gasteiger partial charge in [0, 0.05) is 27.8 Å². The molecule has 0 radical (unpaired) electrons. The van der Waals surface area contributed by atoms with Gasteiger partial charge in [-0.2, -0.15) is 0 Å². The Balaban J connectivity index is 1.57. The molecule has 1 heterocycles. The molecule has 0 saturated carbocycles. The third kappa shape index (κ3) is 6.20. The first-order valence-corrected chi connectivity index (χ1v) is 12.9. The molecule has 0 fully saturated rings. The zero-order valence-electron chi connectivity index (χ0n) is 21.3. The fourth-order valence-corrected chi connectivity index (χ4v) is 4.67. The zero-order chi connectivity index (χ0) is 25.9. The van der Waals surface area contributed by atoms with E-state index in [-0.39, 0.29) is 24.6 Å². The molecule has 2 unspecified atom stereocenters. The largest absolute Gasteiger partial charge is 0.497 e. The molecule has 3 aromatic carbocycles. The molecule has 0 aromatic heterocycles. The van der Waals surface area contributed by atoms with Crippen LogP contribution in [0.25, 0.3) is 0 Å². The lowest BCUT2D eigenvalue weighted by Gasteiger charge is -2.45. The highest BCUT2D eigenvalue weighted by Crippen LogP contribution is 2.45. The Labute approximate surface area is 221 Å².